The smallest absolute Gasteiger partial charge is 0.311 e. The van der Waals surface area contributed by atoms with Gasteiger partial charge in [-0.15, -0.1) is 0 Å². The molecular formula is C16H20FNO3. The van der Waals surface area contributed by atoms with Gasteiger partial charge in [0.25, 0.3) is 0 Å². The van der Waals surface area contributed by atoms with Crippen LogP contribution in [-0.2, 0) is 16.0 Å². The van der Waals surface area contributed by atoms with E-state index < -0.39 is 17.2 Å². The van der Waals surface area contributed by atoms with Crippen molar-refractivity contribution in [3.8, 4) is 0 Å². The lowest BCUT2D eigenvalue weighted by molar-refractivity contribution is -0.149. The molecule has 1 aliphatic rings. The highest BCUT2D eigenvalue weighted by atomic mass is 19.1. The summed E-state index contributed by atoms with van der Waals surface area (Å²) in [6, 6.07) is 6.18. The van der Waals surface area contributed by atoms with Gasteiger partial charge in [-0.25, -0.2) is 4.39 Å². The standard InChI is InChI=1S/C16H20FNO3/c1-2-7-16(15(20)21)8-9-18(11-16)14(19)10-12-5-3-4-6-13(12)17/h3-6H,2,7-11H2,1H3,(H,20,21). The van der Waals surface area contributed by atoms with Crippen LogP contribution in [-0.4, -0.2) is 35.0 Å². The molecule has 1 heterocycles. The number of nitrogens with zero attached hydrogens (tertiary/aromatic N) is 1. The summed E-state index contributed by atoms with van der Waals surface area (Å²) < 4.78 is 13.6. The van der Waals surface area contributed by atoms with Gasteiger partial charge in [0.1, 0.15) is 5.82 Å². The van der Waals surface area contributed by atoms with Crippen LogP contribution >= 0.6 is 0 Å². The zero-order valence-electron chi connectivity index (χ0n) is 12.1. The summed E-state index contributed by atoms with van der Waals surface area (Å²) in [6.07, 6.45) is 1.78. The number of likely N-dealkylation sites (tertiary alicyclic amines) is 1. The summed E-state index contributed by atoms with van der Waals surface area (Å²) >= 11 is 0. The Hall–Kier alpha value is -1.91. The second-order valence-electron chi connectivity index (χ2n) is 5.67. The Morgan fingerprint density at radius 1 is 1.38 bits per heavy atom. The third-order valence-electron chi connectivity index (χ3n) is 4.19. The Kier molecular flexibility index (Phi) is 4.60. The van der Waals surface area contributed by atoms with Crippen LogP contribution in [0.15, 0.2) is 24.3 Å². The van der Waals surface area contributed by atoms with Gasteiger partial charge in [-0.05, 0) is 24.5 Å². The van der Waals surface area contributed by atoms with Crippen molar-refractivity contribution in [2.45, 2.75) is 32.6 Å². The van der Waals surface area contributed by atoms with Gasteiger partial charge in [-0.3, -0.25) is 9.59 Å². The normalized spacial score (nSPS) is 21.5. The number of aliphatic carboxylic acids is 1. The van der Waals surface area contributed by atoms with Gasteiger partial charge in [0.05, 0.1) is 11.8 Å². The van der Waals surface area contributed by atoms with E-state index in [1.54, 1.807) is 23.1 Å². The average molecular weight is 293 g/mol. The lowest BCUT2D eigenvalue weighted by atomic mass is 9.83. The predicted octanol–water partition coefficient (Wildman–Crippen LogP) is 2.47. The summed E-state index contributed by atoms with van der Waals surface area (Å²) in [5, 5.41) is 9.43. The largest absolute Gasteiger partial charge is 0.481 e. The maximum Gasteiger partial charge on any atom is 0.311 e. The number of benzene rings is 1. The van der Waals surface area contributed by atoms with E-state index in [2.05, 4.69) is 0 Å². The molecule has 1 amide bonds. The molecule has 1 fully saturated rings. The highest BCUT2D eigenvalue weighted by Gasteiger charge is 2.45. The molecule has 1 aromatic rings. The van der Waals surface area contributed by atoms with Crippen LogP contribution < -0.4 is 0 Å². The zero-order chi connectivity index (χ0) is 15.5. The van der Waals surface area contributed by atoms with Gasteiger partial charge in [-0.1, -0.05) is 31.5 Å². The fourth-order valence-electron chi connectivity index (χ4n) is 2.97. The van der Waals surface area contributed by atoms with Crippen molar-refractivity contribution in [2.24, 2.45) is 5.41 Å². The molecular weight excluding hydrogens is 273 g/mol. The molecule has 4 nitrogen and oxygen atoms in total. The molecule has 0 saturated carbocycles. The molecule has 1 aliphatic heterocycles. The fraction of sp³-hybridized carbons (Fsp3) is 0.500. The van der Waals surface area contributed by atoms with E-state index in [9.17, 15) is 19.1 Å². The minimum atomic E-state index is -0.842. The van der Waals surface area contributed by atoms with Crippen LogP contribution in [0.25, 0.3) is 0 Å². The second-order valence-corrected chi connectivity index (χ2v) is 5.67. The Balaban J connectivity index is 2.05. The van der Waals surface area contributed by atoms with E-state index in [1.807, 2.05) is 6.92 Å². The van der Waals surface area contributed by atoms with Crippen LogP contribution in [0, 0.1) is 11.2 Å². The van der Waals surface area contributed by atoms with Crippen molar-refractivity contribution >= 4 is 11.9 Å². The zero-order valence-corrected chi connectivity index (χ0v) is 12.1. The lowest BCUT2D eigenvalue weighted by Crippen LogP contribution is -2.37. The molecule has 5 heteroatoms. The number of carbonyl (C=O) groups excluding carboxylic acids is 1. The van der Waals surface area contributed by atoms with Crippen molar-refractivity contribution < 1.29 is 19.1 Å². The van der Waals surface area contributed by atoms with Crippen molar-refractivity contribution in [3.63, 3.8) is 0 Å². The van der Waals surface area contributed by atoms with Gasteiger partial charge in [0.15, 0.2) is 0 Å². The van der Waals surface area contributed by atoms with Crippen molar-refractivity contribution in [1.29, 1.82) is 0 Å². The second kappa shape index (κ2) is 6.24. The Morgan fingerprint density at radius 3 is 2.71 bits per heavy atom. The van der Waals surface area contributed by atoms with E-state index in [1.165, 1.54) is 6.07 Å². The molecule has 1 unspecified atom stereocenters. The molecule has 1 N–H and O–H groups in total. The van der Waals surface area contributed by atoms with Gasteiger partial charge >= 0.3 is 5.97 Å². The van der Waals surface area contributed by atoms with Gasteiger partial charge in [0.2, 0.25) is 5.91 Å². The number of halogens is 1. The minimum absolute atomic E-state index is 0.0193. The number of hydrogen-bond donors (Lipinski definition) is 1. The predicted molar refractivity (Wildman–Crippen MR) is 76.3 cm³/mol. The quantitative estimate of drug-likeness (QED) is 0.907. The Labute approximate surface area is 123 Å². The number of amides is 1. The first-order valence-corrected chi connectivity index (χ1v) is 7.23. The molecule has 1 atom stereocenters. The highest BCUT2D eigenvalue weighted by Crippen LogP contribution is 2.35. The third-order valence-corrected chi connectivity index (χ3v) is 4.19. The van der Waals surface area contributed by atoms with E-state index in [4.69, 9.17) is 0 Å². The molecule has 0 radical (unpaired) electrons. The Bertz CT molecular complexity index is 546. The molecule has 0 spiro atoms. The first kappa shape index (κ1) is 15.5. The van der Waals surface area contributed by atoms with Crippen molar-refractivity contribution in [1.82, 2.24) is 4.90 Å². The summed E-state index contributed by atoms with van der Waals surface area (Å²) in [4.78, 5) is 25.3. The fourth-order valence-corrected chi connectivity index (χ4v) is 2.97. The van der Waals surface area contributed by atoms with Crippen molar-refractivity contribution in [3.05, 3.63) is 35.6 Å². The van der Waals surface area contributed by atoms with Crippen LogP contribution in [0.5, 0.6) is 0 Å². The highest BCUT2D eigenvalue weighted by molar-refractivity contribution is 5.82. The van der Waals surface area contributed by atoms with E-state index >= 15 is 0 Å². The molecule has 0 aromatic heterocycles. The molecule has 1 aromatic carbocycles. The monoisotopic (exact) mass is 293 g/mol. The first-order chi connectivity index (χ1) is 9.98. The number of carboxylic acids is 1. The number of carbonyl (C=O) groups is 2. The maximum absolute atomic E-state index is 13.6. The maximum atomic E-state index is 13.6. The number of rotatable bonds is 5. The summed E-state index contributed by atoms with van der Waals surface area (Å²) in [6.45, 7) is 2.59. The molecule has 0 aliphatic carbocycles. The van der Waals surface area contributed by atoms with Crippen LogP contribution in [0.1, 0.15) is 31.7 Å². The summed E-state index contributed by atoms with van der Waals surface area (Å²) in [5.74, 6) is -1.45. The van der Waals surface area contributed by atoms with Gasteiger partial charge in [0, 0.05) is 13.1 Å². The minimum Gasteiger partial charge on any atom is -0.481 e. The van der Waals surface area contributed by atoms with E-state index in [0.29, 0.717) is 24.9 Å². The van der Waals surface area contributed by atoms with Gasteiger partial charge < -0.3 is 10.0 Å². The molecule has 0 bridgehead atoms. The first-order valence-electron chi connectivity index (χ1n) is 7.23. The van der Waals surface area contributed by atoms with Crippen LogP contribution in [0.4, 0.5) is 4.39 Å². The lowest BCUT2D eigenvalue weighted by Gasteiger charge is -2.24. The summed E-state index contributed by atoms with van der Waals surface area (Å²) in [7, 11) is 0. The van der Waals surface area contributed by atoms with E-state index in [0.717, 1.165) is 6.42 Å². The van der Waals surface area contributed by atoms with E-state index in [-0.39, 0.29) is 18.9 Å². The molecule has 21 heavy (non-hydrogen) atoms. The summed E-state index contributed by atoms with van der Waals surface area (Å²) in [5.41, 5.74) is -0.481. The van der Waals surface area contributed by atoms with Gasteiger partial charge in [-0.2, -0.15) is 0 Å². The molecule has 1 saturated heterocycles. The van der Waals surface area contributed by atoms with Crippen LogP contribution in [0.3, 0.4) is 0 Å². The molecule has 2 rings (SSSR count). The van der Waals surface area contributed by atoms with Crippen LogP contribution in [0.2, 0.25) is 0 Å². The average Bonchev–Trinajstić information content (AvgIpc) is 2.87. The topological polar surface area (TPSA) is 57.6 Å². The third kappa shape index (κ3) is 3.23. The van der Waals surface area contributed by atoms with Crippen molar-refractivity contribution in [2.75, 3.05) is 13.1 Å². The Morgan fingerprint density at radius 2 is 2.10 bits per heavy atom. The SMILES string of the molecule is CCCC1(C(=O)O)CCN(C(=O)Cc2ccccc2F)C1. The number of carboxylic acid groups (broad SMARTS) is 1. The number of hydrogen-bond acceptors (Lipinski definition) is 2. The molecule has 114 valence electrons.